The van der Waals surface area contributed by atoms with E-state index in [-0.39, 0.29) is 0 Å². The van der Waals surface area contributed by atoms with Crippen LogP contribution in [0.15, 0.2) is 12.7 Å². The molecular formula is C7H15NS. The molecule has 0 saturated carbocycles. The van der Waals surface area contributed by atoms with Gasteiger partial charge in [-0.2, -0.15) is 12.6 Å². The van der Waals surface area contributed by atoms with Crippen LogP contribution in [-0.4, -0.2) is 11.9 Å². The summed E-state index contributed by atoms with van der Waals surface area (Å²) in [6.45, 7) is 6.60. The number of nitrogens with one attached hydrogen (secondary N) is 1. The van der Waals surface area contributed by atoms with Gasteiger partial charge in [-0.15, -0.1) is 6.58 Å². The third-order valence-electron chi connectivity index (χ3n) is 1.06. The average Bonchev–Trinajstić information content (AvgIpc) is 1.85. The Labute approximate surface area is 62.9 Å². The summed E-state index contributed by atoms with van der Waals surface area (Å²) in [6.07, 6.45) is 4.15. The van der Waals surface area contributed by atoms with E-state index in [9.17, 15) is 0 Å². The Balaban J connectivity index is 3.04. The van der Waals surface area contributed by atoms with Gasteiger partial charge in [0.15, 0.2) is 0 Å². The smallest absolute Gasteiger partial charge is 0.0504 e. The monoisotopic (exact) mass is 145 g/mol. The molecule has 0 heterocycles. The molecule has 0 aliphatic rings. The fraction of sp³-hybridized carbons (Fsp3) is 0.714. The standard InChI is InChI=1S/C7H15NS/c1-3-5-7(9)8-6-4-2/h4,7-9H,2-3,5-6H2,1H3. The van der Waals surface area contributed by atoms with Crippen LogP contribution in [0.4, 0.5) is 0 Å². The Morgan fingerprint density at radius 2 is 2.44 bits per heavy atom. The quantitative estimate of drug-likeness (QED) is 0.341. The molecule has 0 fully saturated rings. The number of thiol groups is 1. The lowest BCUT2D eigenvalue weighted by Gasteiger charge is -2.08. The molecule has 0 aromatic carbocycles. The molecule has 1 unspecified atom stereocenters. The van der Waals surface area contributed by atoms with Gasteiger partial charge >= 0.3 is 0 Å². The predicted octanol–water partition coefficient (Wildman–Crippen LogP) is 1.82. The molecule has 0 spiro atoms. The second-order valence-electron chi connectivity index (χ2n) is 2.00. The molecule has 1 nitrogen and oxygen atoms in total. The Bertz CT molecular complexity index is 73.3. The van der Waals surface area contributed by atoms with E-state index in [1.165, 1.54) is 6.42 Å². The molecule has 0 aliphatic heterocycles. The van der Waals surface area contributed by atoms with Crippen molar-refractivity contribution < 1.29 is 0 Å². The van der Waals surface area contributed by atoms with Gasteiger partial charge in [-0.25, -0.2) is 0 Å². The SMILES string of the molecule is C=CCNC(S)CCC. The zero-order chi connectivity index (χ0) is 7.11. The predicted molar refractivity (Wildman–Crippen MR) is 45.9 cm³/mol. The van der Waals surface area contributed by atoms with Gasteiger partial charge < -0.3 is 5.32 Å². The average molecular weight is 145 g/mol. The van der Waals surface area contributed by atoms with Gasteiger partial charge in [-0.3, -0.25) is 0 Å². The fourth-order valence-corrected chi connectivity index (χ4v) is 0.958. The Morgan fingerprint density at radius 1 is 1.78 bits per heavy atom. The number of hydrogen-bond acceptors (Lipinski definition) is 2. The van der Waals surface area contributed by atoms with Crippen molar-refractivity contribution in [3.8, 4) is 0 Å². The second kappa shape index (κ2) is 6.17. The van der Waals surface area contributed by atoms with Crippen LogP contribution in [0.25, 0.3) is 0 Å². The maximum absolute atomic E-state index is 4.29. The minimum absolute atomic E-state index is 0.341. The third-order valence-corrected chi connectivity index (χ3v) is 1.50. The Morgan fingerprint density at radius 3 is 2.89 bits per heavy atom. The normalized spacial score (nSPS) is 13.1. The van der Waals surface area contributed by atoms with Crippen LogP contribution in [0, 0.1) is 0 Å². The summed E-state index contributed by atoms with van der Waals surface area (Å²) in [7, 11) is 0. The maximum atomic E-state index is 4.29. The van der Waals surface area contributed by atoms with Crippen LogP contribution in [0.5, 0.6) is 0 Å². The third kappa shape index (κ3) is 5.93. The molecular weight excluding hydrogens is 130 g/mol. The van der Waals surface area contributed by atoms with E-state index in [0.717, 1.165) is 13.0 Å². The minimum Gasteiger partial charge on any atom is -0.302 e. The van der Waals surface area contributed by atoms with E-state index in [0.29, 0.717) is 5.37 Å². The van der Waals surface area contributed by atoms with Gasteiger partial charge in [0, 0.05) is 6.54 Å². The van der Waals surface area contributed by atoms with E-state index >= 15 is 0 Å². The molecule has 9 heavy (non-hydrogen) atoms. The lowest BCUT2D eigenvalue weighted by atomic mass is 10.3. The topological polar surface area (TPSA) is 12.0 Å². The van der Waals surface area contributed by atoms with Crippen molar-refractivity contribution in [3.05, 3.63) is 12.7 Å². The molecule has 0 aromatic heterocycles. The first-order chi connectivity index (χ1) is 4.31. The van der Waals surface area contributed by atoms with Gasteiger partial charge in [-0.1, -0.05) is 19.4 Å². The van der Waals surface area contributed by atoms with Crippen molar-refractivity contribution in [2.75, 3.05) is 6.54 Å². The van der Waals surface area contributed by atoms with Gasteiger partial charge in [0.25, 0.3) is 0 Å². The van der Waals surface area contributed by atoms with E-state index in [2.05, 4.69) is 31.4 Å². The lowest BCUT2D eigenvalue weighted by Crippen LogP contribution is -2.23. The summed E-state index contributed by atoms with van der Waals surface area (Å²) in [5.74, 6) is 0. The molecule has 2 heteroatoms. The van der Waals surface area contributed by atoms with Crippen LogP contribution in [-0.2, 0) is 0 Å². The largest absolute Gasteiger partial charge is 0.302 e. The minimum atomic E-state index is 0.341. The molecule has 0 radical (unpaired) electrons. The summed E-state index contributed by atoms with van der Waals surface area (Å²) >= 11 is 4.29. The van der Waals surface area contributed by atoms with Gasteiger partial charge in [0.2, 0.25) is 0 Å². The van der Waals surface area contributed by atoms with Gasteiger partial charge in [0.05, 0.1) is 5.37 Å². The highest BCUT2D eigenvalue weighted by molar-refractivity contribution is 7.80. The van der Waals surface area contributed by atoms with Crippen LogP contribution < -0.4 is 5.32 Å². The number of hydrogen-bond donors (Lipinski definition) is 2. The molecule has 0 rings (SSSR count). The van der Waals surface area contributed by atoms with Crippen molar-refractivity contribution in [1.29, 1.82) is 0 Å². The van der Waals surface area contributed by atoms with Crippen molar-refractivity contribution in [1.82, 2.24) is 5.32 Å². The van der Waals surface area contributed by atoms with Crippen LogP contribution in [0.2, 0.25) is 0 Å². The van der Waals surface area contributed by atoms with E-state index < -0.39 is 0 Å². The lowest BCUT2D eigenvalue weighted by molar-refractivity contribution is 0.642. The zero-order valence-corrected chi connectivity index (χ0v) is 6.82. The van der Waals surface area contributed by atoms with E-state index in [1.54, 1.807) is 0 Å². The summed E-state index contributed by atoms with van der Waals surface area (Å²) in [5.41, 5.74) is 0. The van der Waals surface area contributed by atoms with Crippen LogP contribution in [0.3, 0.4) is 0 Å². The summed E-state index contributed by atoms with van der Waals surface area (Å²) in [4.78, 5) is 0. The highest BCUT2D eigenvalue weighted by atomic mass is 32.1. The van der Waals surface area contributed by atoms with Crippen LogP contribution in [0.1, 0.15) is 19.8 Å². The second-order valence-corrected chi connectivity index (χ2v) is 2.62. The molecule has 0 aromatic rings. The van der Waals surface area contributed by atoms with Crippen molar-refractivity contribution in [2.45, 2.75) is 25.1 Å². The molecule has 0 bridgehead atoms. The highest BCUT2D eigenvalue weighted by Gasteiger charge is 1.95. The molecule has 1 N–H and O–H groups in total. The van der Waals surface area contributed by atoms with E-state index in [4.69, 9.17) is 0 Å². The van der Waals surface area contributed by atoms with Crippen molar-refractivity contribution in [3.63, 3.8) is 0 Å². The maximum Gasteiger partial charge on any atom is 0.0504 e. The van der Waals surface area contributed by atoms with Crippen molar-refractivity contribution >= 4 is 12.6 Å². The fourth-order valence-electron chi connectivity index (χ4n) is 0.595. The summed E-state index contributed by atoms with van der Waals surface area (Å²) in [5, 5.41) is 3.52. The van der Waals surface area contributed by atoms with Crippen LogP contribution >= 0.6 is 12.6 Å². The molecule has 1 atom stereocenters. The Hall–Kier alpha value is 0.0500. The highest BCUT2D eigenvalue weighted by Crippen LogP contribution is 1.98. The first kappa shape index (κ1) is 9.05. The number of rotatable bonds is 5. The summed E-state index contributed by atoms with van der Waals surface area (Å²) < 4.78 is 0. The first-order valence-corrected chi connectivity index (χ1v) is 3.85. The Kier molecular flexibility index (Phi) is 6.21. The van der Waals surface area contributed by atoms with Gasteiger partial charge in [0.1, 0.15) is 0 Å². The van der Waals surface area contributed by atoms with Gasteiger partial charge in [-0.05, 0) is 6.42 Å². The molecule has 0 saturated heterocycles. The molecule has 54 valence electrons. The van der Waals surface area contributed by atoms with Crippen molar-refractivity contribution in [2.24, 2.45) is 0 Å². The molecule has 0 aliphatic carbocycles. The zero-order valence-electron chi connectivity index (χ0n) is 5.93. The van der Waals surface area contributed by atoms with E-state index in [1.807, 2.05) is 6.08 Å². The first-order valence-electron chi connectivity index (χ1n) is 3.33. The molecule has 0 amide bonds. The summed E-state index contributed by atoms with van der Waals surface area (Å²) in [6, 6.07) is 0.